The van der Waals surface area contributed by atoms with Crippen LogP contribution in [0.5, 0.6) is 5.75 Å². The Morgan fingerprint density at radius 1 is 1.30 bits per heavy atom. The van der Waals surface area contributed by atoms with Gasteiger partial charge in [0.25, 0.3) is 0 Å². The smallest absolute Gasteiger partial charge is 0.119 e. The van der Waals surface area contributed by atoms with Crippen LogP contribution >= 0.6 is 0 Å². The number of likely N-dealkylation sites (tertiary alicyclic amines) is 1. The summed E-state index contributed by atoms with van der Waals surface area (Å²) in [5.74, 6) is 1.76. The summed E-state index contributed by atoms with van der Waals surface area (Å²) >= 11 is 0. The first-order valence-electron chi connectivity index (χ1n) is 8.11. The number of hydrogen-bond acceptors (Lipinski definition) is 2. The van der Waals surface area contributed by atoms with Crippen LogP contribution in [-0.2, 0) is 6.42 Å². The Labute approximate surface area is 123 Å². The molecule has 0 radical (unpaired) electrons. The van der Waals surface area contributed by atoms with Gasteiger partial charge < -0.3 is 4.74 Å². The van der Waals surface area contributed by atoms with Gasteiger partial charge in [0.1, 0.15) is 5.75 Å². The number of benzene rings is 1. The molecule has 2 aliphatic rings. The molecule has 1 saturated heterocycles. The lowest BCUT2D eigenvalue weighted by atomic mass is 9.92. The van der Waals surface area contributed by atoms with E-state index in [1.165, 1.54) is 38.6 Å². The molecule has 2 atom stereocenters. The SMILES string of the molecule is COc1ccc2c(c1)[C@H](C[C@H]1CCCN1C(C)C)CC2. The van der Waals surface area contributed by atoms with Gasteiger partial charge >= 0.3 is 0 Å². The average Bonchev–Trinajstić information content (AvgIpc) is 3.06. The third-order valence-electron chi connectivity index (χ3n) is 5.20. The maximum Gasteiger partial charge on any atom is 0.119 e. The fourth-order valence-electron chi connectivity index (χ4n) is 4.16. The first-order chi connectivity index (χ1) is 9.69. The van der Waals surface area contributed by atoms with Crippen LogP contribution in [0.3, 0.4) is 0 Å². The molecular formula is C18H27NO. The lowest BCUT2D eigenvalue weighted by Gasteiger charge is -2.30. The molecule has 0 unspecified atom stereocenters. The number of aryl methyl sites for hydroxylation is 1. The largest absolute Gasteiger partial charge is 0.497 e. The standard InChI is InChI=1S/C18H27NO/c1-13(2)19-10-4-5-16(19)11-15-7-6-14-8-9-17(20-3)12-18(14)15/h8-9,12-13,15-16H,4-7,10-11H2,1-3H3/t15-,16+/m0/s1. The van der Waals surface area contributed by atoms with E-state index in [1.807, 2.05) is 0 Å². The highest BCUT2D eigenvalue weighted by molar-refractivity contribution is 5.41. The van der Waals surface area contributed by atoms with Crippen molar-refractivity contribution in [3.63, 3.8) is 0 Å². The van der Waals surface area contributed by atoms with Crippen molar-refractivity contribution in [1.82, 2.24) is 4.90 Å². The van der Waals surface area contributed by atoms with Gasteiger partial charge in [-0.25, -0.2) is 0 Å². The summed E-state index contributed by atoms with van der Waals surface area (Å²) in [6.07, 6.45) is 6.66. The van der Waals surface area contributed by atoms with Crippen molar-refractivity contribution >= 4 is 0 Å². The van der Waals surface area contributed by atoms with E-state index in [1.54, 1.807) is 18.2 Å². The zero-order valence-electron chi connectivity index (χ0n) is 13.1. The van der Waals surface area contributed by atoms with E-state index in [0.29, 0.717) is 6.04 Å². The quantitative estimate of drug-likeness (QED) is 0.822. The first-order valence-corrected chi connectivity index (χ1v) is 8.11. The Balaban J connectivity index is 1.74. The van der Waals surface area contributed by atoms with Crippen LogP contribution in [-0.4, -0.2) is 30.6 Å². The number of methoxy groups -OCH3 is 1. The van der Waals surface area contributed by atoms with E-state index in [0.717, 1.165) is 17.7 Å². The summed E-state index contributed by atoms with van der Waals surface area (Å²) in [7, 11) is 1.77. The van der Waals surface area contributed by atoms with Gasteiger partial charge in [0.15, 0.2) is 0 Å². The molecule has 0 amide bonds. The lowest BCUT2D eigenvalue weighted by Crippen LogP contribution is -2.36. The maximum absolute atomic E-state index is 5.41. The van der Waals surface area contributed by atoms with E-state index < -0.39 is 0 Å². The van der Waals surface area contributed by atoms with Gasteiger partial charge in [0.05, 0.1) is 7.11 Å². The summed E-state index contributed by atoms with van der Waals surface area (Å²) in [6, 6.07) is 8.13. The van der Waals surface area contributed by atoms with Gasteiger partial charge in [-0.2, -0.15) is 0 Å². The molecular weight excluding hydrogens is 246 g/mol. The topological polar surface area (TPSA) is 12.5 Å². The number of rotatable bonds is 4. The first kappa shape index (κ1) is 13.9. The molecule has 0 saturated carbocycles. The van der Waals surface area contributed by atoms with Gasteiger partial charge in [-0.05, 0) is 81.7 Å². The Morgan fingerprint density at radius 3 is 2.90 bits per heavy atom. The van der Waals surface area contributed by atoms with Gasteiger partial charge in [-0.15, -0.1) is 0 Å². The zero-order valence-corrected chi connectivity index (χ0v) is 13.1. The molecule has 1 fully saturated rings. The fourth-order valence-corrected chi connectivity index (χ4v) is 4.16. The Bertz CT molecular complexity index is 468. The molecule has 0 spiro atoms. The van der Waals surface area contributed by atoms with Crippen molar-refractivity contribution in [3.05, 3.63) is 29.3 Å². The molecule has 1 aromatic carbocycles. The molecule has 110 valence electrons. The monoisotopic (exact) mass is 273 g/mol. The van der Waals surface area contributed by atoms with E-state index in [2.05, 4.69) is 36.9 Å². The van der Waals surface area contributed by atoms with Crippen molar-refractivity contribution in [2.45, 2.75) is 64.0 Å². The highest BCUT2D eigenvalue weighted by Gasteiger charge is 2.32. The normalized spacial score (nSPS) is 26.2. The van der Waals surface area contributed by atoms with Crippen LogP contribution in [0, 0.1) is 0 Å². The van der Waals surface area contributed by atoms with Crippen molar-refractivity contribution in [3.8, 4) is 5.75 Å². The number of fused-ring (bicyclic) bond motifs is 1. The number of ether oxygens (including phenoxy) is 1. The van der Waals surface area contributed by atoms with Crippen molar-refractivity contribution in [2.75, 3.05) is 13.7 Å². The summed E-state index contributed by atoms with van der Waals surface area (Å²) in [4.78, 5) is 2.71. The molecule has 0 aromatic heterocycles. The Morgan fingerprint density at radius 2 is 2.15 bits per heavy atom. The van der Waals surface area contributed by atoms with Gasteiger partial charge in [0, 0.05) is 12.1 Å². The van der Waals surface area contributed by atoms with Gasteiger partial charge in [-0.3, -0.25) is 4.90 Å². The third-order valence-corrected chi connectivity index (χ3v) is 5.20. The minimum absolute atomic E-state index is 0.689. The van der Waals surface area contributed by atoms with E-state index in [4.69, 9.17) is 4.74 Å². The van der Waals surface area contributed by atoms with Crippen molar-refractivity contribution in [2.24, 2.45) is 0 Å². The molecule has 1 heterocycles. The molecule has 1 aromatic rings. The van der Waals surface area contributed by atoms with Gasteiger partial charge in [-0.1, -0.05) is 6.07 Å². The van der Waals surface area contributed by atoms with E-state index >= 15 is 0 Å². The minimum atomic E-state index is 0.689. The summed E-state index contributed by atoms with van der Waals surface area (Å²) in [5, 5.41) is 0. The fraction of sp³-hybridized carbons (Fsp3) is 0.667. The van der Waals surface area contributed by atoms with Crippen LogP contribution in [0.25, 0.3) is 0 Å². The van der Waals surface area contributed by atoms with Crippen LogP contribution in [0.15, 0.2) is 18.2 Å². The number of hydrogen-bond donors (Lipinski definition) is 0. The minimum Gasteiger partial charge on any atom is -0.497 e. The van der Waals surface area contributed by atoms with E-state index in [9.17, 15) is 0 Å². The maximum atomic E-state index is 5.41. The zero-order chi connectivity index (χ0) is 14.1. The molecule has 2 heteroatoms. The summed E-state index contributed by atoms with van der Waals surface area (Å²) < 4.78 is 5.41. The lowest BCUT2D eigenvalue weighted by molar-refractivity contribution is 0.187. The number of nitrogens with zero attached hydrogens (tertiary/aromatic N) is 1. The van der Waals surface area contributed by atoms with Gasteiger partial charge in [0.2, 0.25) is 0 Å². The Kier molecular flexibility index (Phi) is 4.02. The second-order valence-corrected chi connectivity index (χ2v) is 6.66. The predicted octanol–water partition coefficient (Wildman–Crippen LogP) is 3.99. The highest BCUT2D eigenvalue weighted by atomic mass is 16.5. The second-order valence-electron chi connectivity index (χ2n) is 6.66. The summed E-state index contributed by atoms with van der Waals surface area (Å²) in [6.45, 7) is 5.97. The van der Waals surface area contributed by atoms with Crippen LogP contribution in [0.2, 0.25) is 0 Å². The van der Waals surface area contributed by atoms with Crippen LogP contribution in [0.1, 0.15) is 56.6 Å². The highest BCUT2D eigenvalue weighted by Crippen LogP contribution is 2.40. The van der Waals surface area contributed by atoms with Crippen LogP contribution in [0.4, 0.5) is 0 Å². The Hall–Kier alpha value is -1.02. The molecule has 1 aliphatic carbocycles. The van der Waals surface area contributed by atoms with Crippen LogP contribution < -0.4 is 4.74 Å². The second kappa shape index (κ2) is 5.77. The summed E-state index contributed by atoms with van der Waals surface area (Å²) in [5.41, 5.74) is 3.10. The molecule has 1 aliphatic heterocycles. The molecule has 3 rings (SSSR count). The average molecular weight is 273 g/mol. The third kappa shape index (κ3) is 2.58. The molecule has 2 nitrogen and oxygen atoms in total. The van der Waals surface area contributed by atoms with E-state index in [-0.39, 0.29) is 0 Å². The molecule has 0 N–H and O–H groups in total. The molecule has 20 heavy (non-hydrogen) atoms. The molecule has 0 bridgehead atoms. The van der Waals surface area contributed by atoms with Crippen molar-refractivity contribution < 1.29 is 4.74 Å². The van der Waals surface area contributed by atoms with Crippen molar-refractivity contribution in [1.29, 1.82) is 0 Å². The predicted molar refractivity (Wildman–Crippen MR) is 83.5 cm³/mol.